The third kappa shape index (κ3) is 2.40. The van der Waals surface area contributed by atoms with Gasteiger partial charge in [0.25, 0.3) is 0 Å². The summed E-state index contributed by atoms with van der Waals surface area (Å²) in [6.45, 7) is 1.66. The van der Waals surface area contributed by atoms with E-state index in [-0.39, 0.29) is 11.7 Å². The zero-order valence-corrected chi connectivity index (χ0v) is 13.7. The molecule has 1 aromatic rings. The quantitative estimate of drug-likeness (QED) is 0.825. The lowest BCUT2D eigenvalue weighted by Crippen LogP contribution is -2.44. The van der Waals surface area contributed by atoms with Crippen molar-refractivity contribution in [3.05, 3.63) is 23.8 Å². The first-order valence-corrected chi connectivity index (χ1v) is 8.11. The summed E-state index contributed by atoms with van der Waals surface area (Å²) in [5.74, 6) is 0.109. The summed E-state index contributed by atoms with van der Waals surface area (Å²) in [5.41, 5.74) is 0.291. The Hall–Kier alpha value is -1.60. The smallest absolute Gasteiger partial charge is 0.238 e. The fraction of sp³-hybridized carbons (Fsp3) is 0.500. The van der Waals surface area contributed by atoms with E-state index in [0.717, 1.165) is 9.99 Å². The van der Waals surface area contributed by atoms with E-state index in [0.29, 0.717) is 11.3 Å². The molecular weight excluding hydrogens is 292 g/mol. The summed E-state index contributed by atoms with van der Waals surface area (Å²) in [6.07, 6.45) is 0. The zero-order chi connectivity index (χ0) is 16.0. The van der Waals surface area contributed by atoms with Crippen molar-refractivity contribution in [3.63, 3.8) is 0 Å². The number of carbonyl (C=O) groups excluding carboxylic acids is 1. The number of hydrogen-bond acceptors (Lipinski definition) is 4. The van der Waals surface area contributed by atoms with Crippen LogP contribution in [0.25, 0.3) is 0 Å². The molecule has 21 heavy (non-hydrogen) atoms. The molecular formula is C14H20N2O4S. The number of rotatable bonds is 4. The number of sulfonamides is 1. The number of ether oxygens (including phenoxy) is 1. The van der Waals surface area contributed by atoms with Gasteiger partial charge in [0.05, 0.1) is 18.3 Å². The normalized spacial score (nSPS) is 21.8. The maximum Gasteiger partial charge on any atom is 0.238 e. The molecule has 0 aliphatic carbocycles. The molecule has 1 atom stereocenters. The van der Waals surface area contributed by atoms with Crippen LogP contribution in [0, 0.1) is 0 Å². The van der Waals surface area contributed by atoms with Gasteiger partial charge < -0.3 is 9.64 Å². The first-order valence-electron chi connectivity index (χ1n) is 6.50. The van der Waals surface area contributed by atoms with E-state index in [2.05, 4.69) is 0 Å². The molecule has 0 fully saturated rings. The van der Waals surface area contributed by atoms with E-state index in [4.69, 9.17) is 4.74 Å². The summed E-state index contributed by atoms with van der Waals surface area (Å²) < 4.78 is 30.8. The van der Waals surface area contributed by atoms with Crippen LogP contribution in [0.3, 0.4) is 0 Å². The first kappa shape index (κ1) is 15.8. The van der Waals surface area contributed by atoms with Crippen LogP contribution >= 0.6 is 0 Å². The van der Waals surface area contributed by atoms with Gasteiger partial charge in [-0.1, -0.05) is 0 Å². The van der Waals surface area contributed by atoms with Gasteiger partial charge in [-0.15, -0.1) is 0 Å². The number of anilines is 1. The average molecular weight is 312 g/mol. The standard InChI is InChI=1S/C14H20N2O4S/c1-14(9-21(18,19)15(2)3)11-8-10(20-5)6-7-12(11)16(4)13(14)17/h6-8H,9H2,1-5H3. The molecule has 6 nitrogen and oxygen atoms in total. The van der Waals surface area contributed by atoms with Crippen molar-refractivity contribution in [1.29, 1.82) is 0 Å². The minimum absolute atomic E-state index is 0.226. The van der Waals surface area contributed by atoms with Crippen LogP contribution in [0.15, 0.2) is 18.2 Å². The van der Waals surface area contributed by atoms with Crippen molar-refractivity contribution in [2.45, 2.75) is 12.3 Å². The second-order valence-electron chi connectivity index (χ2n) is 5.62. The van der Waals surface area contributed by atoms with Crippen molar-refractivity contribution in [1.82, 2.24) is 4.31 Å². The lowest BCUT2D eigenvalue weighted by atomic mass is 9.86. The highest BCUT2D eigenvalue weighted by Crippen LogP contribution is 2.43. The Morgan fingerprint density at radius 3 is 2.48 bits per heavy atom. The lowest BCUT2D eigenvalue weighted by Gasteiger charge is -2.25. The zero-order valence-electron chi connectivity index (χ0n) is 12.9. The Morgan fingerprint density at radius 1 is 1.33 bits per heavy atom. The molecule has 7 heteroatoms. The van der Waals surface area contributed by atoms with E-state index >= 15 is 0 Å². The van der Waals surface area contributed by atoms with Crippen molar-refractivity contribution in [2.75, 3.05) is 38.9 Å². The SMILES string of the molecule is COc1ccc2c(c1)C(C)(CS(=O)(=O)N(C)C)C(=O)N2C. The molecule has 1 unspecified atom stereocenters. The van der Waals surface area contributed by atoms with E-state index in [9.17, 15) is 13.2 Å². The molecule has 1 amide bonds. The predicted octanol–water partition coefficient (Wildman–Crippen LogP) is 0.821. The Balaban J connectivity index is 2.57. The van der Waals surface area contributed by atoms with E-state index in [1.165, 1.54) is 26.1 Å². The highest BCUT2D eigenvalue weighted by Gasteiger charge is 2.49. The maximum atomic E-state index is 12.6. The summed E-state index contributed by atoms with van der Waals surface area (Å²) >= 11 is 0. The number of carbonyl (C=O) groups is 1. The van der Waals surface area contributed by atoms with E-state index in [1.807, 2.05) is 0 Å². The van der Waals surface area contributed by atoms with Crippen LogP contribution in [0.1, 0.15) is 12.5 Å². The molecule has 0 bridgehead atoms. The number of methoxy groups -OCH3 is 1. The van der Waals surface area contributed by atoms with Crippen LogP contribution in [0.2, 0.25) is 0 Å². The third-order valence-corrected chi connectivity index (χ3v) is 6.02. The van der Waals surface area contributed by atoms with Crippen LogP contribution in [-0.2, 0) is 20.2 Å². The molecule has 1 aliphatic heterocycles. The summed E-state index contributed by atoms with van der Waals surface area (Å²) in [7, 11) is 2.61. The average Bonchev–Trinajstić information content (AvgIpc) is 2.60. The van der Waals surface area contributed by atoms with Gasteiger partial charge in [0.2, 0.25) is 15.9 Å². The molecule has 0 radical (unpaired) electrons. The minimum Gasteiger partial charge on any atom is -0.497 e. The number of benzene rings is 1. The van der Waals surface area contributed by atoms with Crippen molar-refractivity contribution < 1.29 is 17.9 Å². The highest BCUT2D eigenvalue weighted by atomic mass is 32.2. The van der Waals surface area contributed by atoms with Gasteiger partial charge in [-0.05, 0) is 30.7 Å². The molecule has 1 aliphatic rings. The Kier molecular flexibility index (Phi) is 3.75. The molecule has 1 heterocycles. The van der Waals surface area contributed by atoms with Crippen molar-refractivity contribution >= 4 is 21.6 Å². The molecule has 2 rings (SSSR count). The largest absolute Gasteiger partial charge is 0.497 e. The maximum absolute atomic E-state index is 12.6. The molecule has 0 saturated heterocycles. The molecule has 0 aromatic heterocycles. The topological polar surface area (TPSA) is 66.9 Å². The van der Waals surface area contributed by atoms with Gasteiger partial charge in [0.15, 0.2) is 0 Å². The molecule has 0 spiro atoms. The molecule has 1 aromatic carbocycles. The Labute approximate surface area is 125 Å². The van der Waals surface area contributed by atoms with Crippen LogP contribution in [0.5, 0.6) is 5.75 Å². The van der Waals surface area contributed by atoms with Crippen molar-refractivity contribution in [2.24, 2.45) is 0 Å². The second kappa shape index (κ2) is 4.99. The molecule has 0 saturated carbocycles. The van der Waals surface area contributed by atoms with E-state index < -0.39 is 15.4 Å². The first-order chi connectivity index (χ1) is 9.63. The molecule has 0 N–H and O–H groups in total. The van der Waals surface area contributed by atoms with Gasteiger partial charge in [0.1, 0.15) is 5.75 Å². The lowest BCUT2D eigenvalue weighted by molar-refractivity contribution is -0.121. The van der Waals surface area contributed by atoms with Gasteiger partial charge >= 0.3 is 0 Å². The van der Waals surface area contributed by atoms with Crippen molar-refractivity contribution in [3.8, 4) is 5.75 Å². The van der Waals surface area contributed by atoms with Crippen LogP contribution in [0.4, 0.5) is 5.69 Å². The summed E-state index contributed by atoms with van der Waals surface area (Å²) in [5, 5.41) is 0. The Bertz CT molecular complexity index is 684. The fourth-order valence-electron chi connectivity index (χ4n) is 2.60. The second-order valence-corrected chi connectivity index (χ2v) is 7.80. The summed E-state index contributed by atoms with van der Waals surface area (Å²) in [6, 6.07) is 5.27. The van der Waals surface area contributed by atoms with Crippen LogP contribution < -0.4 is 9.64 Å². The number of fused-ring (bicyclic) bond motifs is 1. The van der Waals surface area contributed by atoms with Gasteiger partial charge in [-0.2, -0.15) is 0 Å². The van der Waals surface area contributed by atoms with E-state index in [1.54, 1.807) is 32.2 Å². The minimum atomic E-state index is -3.51. The number of likely N-dealkylation sites (N-methyl/N-ethyl adjacent to an activating group) is 1. The van der Waals surface area contributed by atoms with Gasteiger partial charge in [-0.25, -0.2) is 12.7 Å². The highest BCUT2D eigenvalue weighted by molar-refractivity contribution is 7.89. The summed E-state index contributed by atoms with van der Waals surface area (Å²) in [4.78, 5) is 14.1. The fourth-order valence-corrected chi connectivity index (χ4v) is 3.87. The number of amides is 1. The van der Waals surface area contributed by atoms with Gasteiger partial charge in [-0.3, -0.25) is 4.79 Å². The Morgan fingerprint density at radius 2 is 1.95 bits per heavy atom. The molecule has 116 valence electrons. The number of hydrogen-bond donors (Lipinski definition) is 0. The van der Waals surface area contributed by atoms with Crippen LogP contribution in [-0.4, -0.2) is 52.6 Å². The number of nitrogens with zero attached hydrogens (tertiary/aromatic N) is 2. The van der Waals surface area contributed by atoms with Gasteiger partial charge in [0, 0.05) is 26.8 Å². The third-order valence-electron chi connectivity index (χ3n) is 3.96. The monoisotopic (exact) mass is 312 g/mol. The predicted molar refractivity (Wildman–Crippen MR) is 81.2 cm³/mol.